The van der Waals surface area contributed by atoms with E-state index in [9.17, 15) is 0 Å². The SMILES string of the molecule is CCN(CC)CCCNC(=S)Nc1nn(Cc2ccc(Cl)cc2Cl)cc1Cl. The highest BCUT2D eigenvalue weighted by Crippen LogP contribution is 2.24. The molecule has 2 N–H and O–H groups in total. The van der Waals surface area contributed by atoms with Crippen molar-refractivity contribution in [3.63, 3.8) is 0 Å². The van der Waals surface area contributed by atoms with E-state index in [1.165, 1.54) is 0 Å². The molecule has 2 aromatic rings. The van der Waals surface area contributed by atoms with Gasteiger partial charge in [0.05, 0.1) is 6.54 Å². The van der Waals surface area contributed by atoms with Crippen LogP contribution in [0.5, 0.6) is 0 Å². The summed E-state index contributed by atoms with van der Waals surface area (Å²) in [6, 6.07) is 5.37. The zero-order valence-corrected chi connectivity index (χ0v) is 18.5. The second kappa shape index (κ2) is 11.1. The van der Waals surface area contributed by atoms with Crippen molar-refractivity contribution in [3.8, 4) is 0 Å². The van der Waals surface area contributed by atoms with E-state index in [4.69, 9.17) is 47.0 Å². The first-order chi connectivity index (χ1) is 12.9. The Morgan fingerprint density at radius 2 is 1.93 bits per heavy atom. The Labute approximate surface area is 181 Å². The molecule has 0 aliphatic carbocycles. The second-order valence-corrected chi connectivity index (χ2v) is 7.68. The van der Waals surface area contributed by atoms with Gasteiger partial charge in [0.15, 0.2) is 10.9 Å². The van der Waals surface area contributed by atoms with Crippen LogP contribution in [0.2, 0.25) is 15.1 Å². The van der Waals surface area contributed by atoms with Gasteiger partial charge in [-0.2, -0.15) is 5.10 Å². The van der Waals surface area contributed by atoms with Crippen LogP contribution in [0.1, 0.15) is 25.8 Å². The summed E-state index contributed by atoms with van der Waals surface area (Å²) in [5, 5.41) is 12.9. The maximum atomic E-state index is 6.27. The third-order valence-electron chi connectivity index (χ3n) is 4.13. The number of nitrogens with zero attached hydrogens (tertiary/aromatic N) is 3. The van der Waals surface area contributed by atoms with E-state index in [0.29, 0.717) is 32.5 Å². The van der Waals surface area contributed by atoms with Crippen molar-refractivity contribution in [3.05, 3.63) is 45.0 Å². The molecule has 0 bridgehead atoms. The number of anilines is 1. The van der Waals surface area contributed by atoms with E-state index in [1.54, 1.807) is 23.0 Å². The molecule has 0 atom stereocenters. The smallest absolute Gasteiger partial charge is 0.173 e. The first kappa shape index (κ1) is 22.2. The lowest BCUT2D eigenvalue weighted by molar-refractivity contribution is 0.300. The summed E-state index contributed by atoms with van der Waals surface area (Å²) in [5.41, 5.74) is 0.906. The summed E-state index contributed by atoms with van der Waals surface area (Å²) >= 11 is 23.7. The molecule has 0 radical (unpaired) electrons. The van der Waals surface area contributed by atoms with Gasteiger partial charge in [0, 0.05) is 22.8 Å². The van der Waals surface area contributed by atoms with Gasteiger partial charge in [-0.05, 0) is 56.0 Å². The van der Waals surface area contributed by atoms with Gasteiger partial charge in [0.1, 0.15) is 5.02 Å². The molecule has 1 aromatic carbocycles. The quantitative estimate of drug-likeness (QED) is 0.421. The van der Waals surface area contributed by atoms with Gasteiger partial charge in [0.2, 0.25) is 0 Å². The molecule has 0 spiro atoms. The van der Waals surface area contributed by atoms with Crippen LogP contribution in [0.15, 0.2) is 24.4 Å². The molecule has 0 aliphatic rings. The number of aromatic nitrogens is 2. The zero-order chi connectivity index (χ0) is 19.8. The Bertz CT molecular complexity index is 761. The largest absolute Gasteiger partial charge is 0.362 e. The van der Waals surface area contributed by atoms with Crippen LogP contribution in [-0.4, -0.2) is 46.0 Å². The molecule has 0 amide bonds. The molecule has 2 rings (SSSR count). The molecule has 27 heavy (non-hydrogen) atoms. The van der Waals surface area contributed by atoms with Crippen molar-refractivity contribution >= 4 is 58.0 Å². The average molecular weight is 449 g/mol. The van der Waals surface area contributed by atoms with Crippen molar-refractivity contribution in [2.24, 2.45) is 0 Å². The predicted molar refractivity (Wildman–Crippen MR) is 119 cm³/mol. The summed E-state index contributed by atoms with van der Waals surface area (Å²) in [4.78, 5) is 2.37. The summed E-state index contributed by atoms with van der Waals surface area (Å²) in [6.07, 6.45) is 2.75. The fourth-order valence-electron chi connectivity index (χ4n) is 2.58. The molecule has 0 saturated carbocycles. The molecular formula is C18H24Cl3N5S. The average Bonchev–Trinajstić information content (AvgIpc) is 2.96. The minimum absolute atomic E-state index is 0.488. The minimum Gasteiger partial charge on any atom is -0.362 e. The van der Waals surface area contributed by atoms with Gasteiger partial charge in [-0.1, -0.05) is 54.7 Å². The molecule has 1 aromatic heterocycles. The van der Waals surface area contributed by atoms with E-state index in [-0.39, 0.29) is 0 Å². The molecular weight excluding hydrogens is 425 g/mol. The normalized spacial score (nSPS) is 11.0. The van der Waals surface area contributed by atoms with Crippen molar-refractivity contribution in [1.29, 1.82) is 0 Å². The summed E-state index contributed by atoms with van der Waals surface area (Å²) < 4.78 is 1.71. The monoisotopic (exact) mass is 447 g/mol. The van der Waals surface area contributed by atoms with Crippen molar-refractivity contribution in [1.82, 2.24) is 20.0 Å². The van der Waals surface area contributed by atoms with E-state index < -0.39 is 0 Å². The minimum atomic E-state index is 0.488. The number of hydrogen-bond acceptors (Lipinski definition) is 3. The standard InChI is InChI=1S/C18H24Cl3N5S/c1-3-25(4-2)9-5-8-22-18(27)23-17-16(21)12-26(24-17)11-13-6-7-14(19)10-15(13)20/h6-7,10,12H,3-5,8-9,11H2,1-2H3,(H2,22,23,24,27). The van der Waals surface area contributed by atoms with Crippen molar-refractivity contribution < 1.29 is 0 Å². The van der Waals surface area contributed by atoms with Crippen LogP contribution in [0.4, 0.5) is 5.82 Å². The zero-order valence-electron chi connectivity index (χ0n) is 15.4. The maximum absolute atomic E-state index is 6.27. The topological polar surface area (TPSA) is 45.1 Å². The second-order valence-electron chi connectivity index (χ2n) is 6.02. The Morgan fingerprint density at radius 1 is 1.19 bits per heavy atom. The highest BCUT2D eigenvalue weighted by molar-refractivity contribution is 7.80. The molecule has 0 unspecified atom stereocenters. The Hall–Kier alpha value is -1.05. The van der Waals surface area contributed by atoms with E-state index >= 15 is 0 Å². The summed E-state index contributed by atoms with van der Waals surface area (Å²) in [7, 11) is 0. The predicted octanol–water partition coefficient (Wildman–Crippen LogP) is 4.91. The Kier molecular flexibility index (Phi) is 9.12. The van der Waals surface area contributed by atoms with Gasteiger partial charge >= 0.3 is 0 Å². The van der Waals surface area contributed by atoms with Crippen LogP contribution < -0.4 is 10.6 Å². The molecule has 1 heterocycles. The molecule has 0 saturated heterocycles. The molecule has 5 nitrogen and oxygen atoms in total. The molecule has 0 aliphatic heterocycles. The number of rotatable bonds is 9. The number of benzene rings is 1. The van der Waals surface area contributed by atoms with E-state index in [1.807, 2.05) is 6.07 Å². The Balaban J connectivity index is 1.85. The number of nitrogens with one attached hydrogen (secondary N) is 2. The highest BCUT2D eigenvalue weighted by atomic mass is 35.5. The Morgan fingerprint density at radius 3 is 2.59 bits per heavy atom. The van der Waals surface area contributed by atoms with Crippen molar-refractivity contribution in [2.45, 2.75) is 26.8 Å². The van der Waals surface area contributed by atoms with Crippen LogP contribution in [0.25, 0.3) is 0 Å². The summed E-state index contributed by atoms with van der Waals surface area (Å²) in [6.45, 7) is 8.77. The first-order valence-electron chi connectivity index (χ1n) is 8.87. The van der Waals surface area contributed by atoms with E-state index in [2.05, 4.69) is 34.5 Å². The van der Waals surface area contributed by atoms with Crippen LogP contribution >= 0.6 is 47.0 Å². The third-order valence-corrected chi connectivity index (χ3v) is 5.24. The van der Waals surface area contributed by atoms with Gasteiger partial charge in [-0.3, -0.25) is 4.68 Å². The number of halogens is 3. The summed E-state index contributed by atoms with van der Waals surface area (Å²) in [5.74, 6) is 0.517. The first-order valence-corrected chi connectivity index (χ1v) is 10.4. The van der Waals surface area contributed by atoms with Gasteiger partial charge in [-0.15, -0.1) is 0 Å². The molecule has 9 heteroatoms. The maximum Gasteiger partial charge on any atom is 0.173 e. The lowest BCUT2D eigenvalue weighted by atomic mass is 10.2. The van der Waals surface area contributed by atoms with Crippen molar-refractivity contribution in [2.75, 3.05) is 31.5 Å². The van der Waals surface area contributed by atoms with Crippen LogP contribution in [-0.2, 0) is 6.54 Å². The van der Waals surface area contributed by atoms with Crippen LogP contribution in [0, 0.1) is 0 Å². The lowest BCUT2D eigenvalue weighted by Crippen LogP contribution is -2.32. The van der Waals surface area contributed by atoms with Gasteiger partial charge in [0.25, 0.3) is 0 Å². The van der Waals surface area contributed by atoms with Crippen LogP contribution in [0.3, 0.4) is 0 Å². The highest BCUT2D eigenvalue weighted by Gasteiger charge is 2.10. The number of thiocarbonyl (C=S) groups is 1. The third kappa shape index (κ3) is 7.12. The van der Waals surface area contributed by atoms with E-state index in [0.717, 1.165) is 38.2 Å². The number of hydrogen-bond donors (Lipinski definition) is 2. The fraction of sp³-hybridized carbons (Fsp3) is 0.444. The fourth-order valence-corrected chi connectivity index (χ4v) is 3.45. The van der Waals surface area contributed by atoms with Gasteiger partial charge in [-0.25, -0.2) is 0 Å². The lowest BCUT2D eigenvalue weighted by Gasteiger charge is -2.18. The molecule has 0 fully saturated rings. The molecule has 148 valence electrons. The van der Waals surface area contributed by atoms with Gasteiger partial charge < -0.3 is 15.5 Å².